The molecular weight excluding hydrogens is 298 g/mol. The average Bonchev–Trinajstić information content (AvgIpc) is 2.31. The molecule has 0 bridgehead atoms. The van der Waals surface area contributed by atoms with Crippen molar-refractivity contribution in [3.8, 4) is 0 Å². The number of nitrogens with one attached hydrogen (secondary N) is 2. The number of ether oxygens (including phenoxy) is 1. The first-order valence-electron chi connectivity index (χ1n) is 7.63. The number of pyridine rings is 1. The maximum Gasteiger partial charge on any atom is 0.410 e. The summed E-state index contributed by atoms with van der Waals surface area (Å²) in [5.74, 6) is -0.236. The normalized spacial score (nSPS) is 17.4. The summed E-state index contributed by atoms with van der Waals surface area (Å²) in [6, 6.07) is 2.74. The summed E-state index contributed by atoms with van der Waals surface area (Å²) in [6.45, 7) is 7.90. The Hall–Kier alpha value is -2.31. The van der Waals surface area contributed by atoms with E-state index in [2.05, 4.69) is 10.3 Å². The lowest BCUT2D eigenvalue weighted by atomic mass is 10.0. The second kappa shape index (κ2) is 6.44. The summed E-state index contributed by atoms with van der Waals surface area (Å²) in [4.78, 5) is 39.7. The van der Waals surface area contributed by atoms with Crippen LogP contribution >= 0.6 is 0 Å². The lowest BCUT2D eigenvalue weighted by Gasteiger charge is -2.40. The zero-order chi connectivity index (χ0) is 17.2. The number of aryl methyl sites for hydroxylation is 1. The number of carbonyl (C=O) groups is 2. The Kier molecular flexibility index (Phi) is 4.77. The van der Waals surface area contributed by atoms with E-state index < -0.39 is 17.7 Å². The van der Waals surface area contributed by atoms with Gasteiger partial charge in [-0.15, -0.1) is 0 Å². The van der Waals surface area contributed by atoms with Gasteiger partial charge in [-0.2, -0.15) is 0 Å². The molecule has 2 amide bonds. The van der Waals surface area contributed by atoms with E-state index in [0.29, 0.717) is 13.0 Å². The van der Waals surface area contributed by atoms with Crippen molar-refractivity contribution in [1.29, 1.82) is 0 Å². The molecule has 0 radical (unpaired) electrons. The Labute approximate surface area is 135 Å². The molecule has 126 valence electrons. The molecule has 1 aliphatic rings. The van der Waals surface area contributed by atoms with E-state index in [-0.39, 0.29) is 18.0 Å². The van der Waals surface area contributed by atoms with Crippen molar-refractivity contribution in [2.75, 3.05) is 6.54 Å². The van der Waals surface area contributed by atoms with Gasteiger partial charge in [0.25, 0.3) is 0 Å². The van der Waals surface area contributed by atoms with Crippen LogP contribution in [0.1, 0.15) is 38.4 Å². The lowest BCUT2D eigenvalue weighted by molar-refractivity contribution is -0.130. The molecule has 7 heteroatoms. The van der Waals surface area contributed by atoms with Crippen LogP contribution in [0.4, 0.5) is 4.79 Å². The third-order valence-electron chi connectivity index (χ3n) is 3.46. The Morgan fingerprint density at radius 1 is 1.39 bits per heavy atom. The highest BCUT2D eigenvalue weighted by Crippen LogP contribution is 2.21. The first-order chi connectivity index (χ1) is 10.7. The lowest BCUT2D eigenvalue weighted by Crippen LogP contribution is -2.59. The maximum atomic E-state index is 12.2. The Morgan fingerprint density at radius 2 is 2.09 bits per heavy atom. The number of H-pyrrole nitrogens is 1. The van der Waals surface area contributed by atoms with Crippen LogP contribution in [0.25, 0.3) is 0 Å². The fourth-order valence-electron chi connectivity index (χ4n) is 2.36. The molecule has 1 aliphatic heterocycles. The van der Waals surface area contributed by atoms with E-state index in [1.807, 2.05) is 0 Å². The molecule has 0 aromatic carbocycles. The topological polar surface area (TPSA) is 91.5 Å². The highest BCUT2D eigenvalue weighted by Gasteiger charge is 2.39. The van der Waals surface area contributed by atoms with Crippen molar-refractivity contribution in [3.05, 3.63) is 33.7 Å². The quantitative estimate of drug-likeness (QED) is 0.878. The predicted octanol–water partition coefficient (Wildman–Crippen LogP) is 1.31. The predicted molar refractivity (Wildman–Crippen MR) is 85.0 cm³/mol. The van der Waals surface area contributed by atoms with Gasteiger partial charge in [0.15, 0.2) is 0 Å². The number of likely N-dealkylation sites (tertiary alicyclic amines) is 1. The van der Waals surface area contributed by atoms with Gasteiger partial charge < -0.3 is 15.0 Å². The summed E-state index contributed by atoms with van der Waals surface area (Å²) in [7, 11) is 0. The fourth-order valence-corrected chi connectivity index (χ4v) is 2.36. The van der Waals surface area contributed by atoms with Crippen LogP contribution in [-0.4, -0.2) is 40.1 Å². The van der Waals surface area contributed by atoms with Gasteiger partial charge in [0.1, 0.15) is 11.6 Å². The molecule has 1 fully saturated rings. The van der Waals surface area contributed by atoms with E-state index in [1.165, 1.54) is 11.0 Å². The Bertz CT molecular complexity index is 660. The zero-order valence-electron chi connectivity index (χ0n) is 13.9. The van der Waals surface area contributed by atoms with Gasteiger partial charge in [0, 0.05) is 24.8 Å². The van der Waals surface area contributed by atoms with Crippen molar-refractivity contribution in [1.82, 2.24) is 15.2 Å². The van der Waals surface area contributed by atoms with E-state index >= 15 is 0 Å². The summed E-state index contributed by atoms with van der Waals surface area (Å²) in [6.07, 6.45) is 0.135. The first-order valence-corrected chi connectivity index (χ1v) is 7.63. The third kappa shape index (κ3) is 4.58. The van der Waals surface area contributed by atoms with E-state index in [0.717, 1.165) is 11.3 Å². The van der Waals surface area contributed by atoms with Gasteiger partial charge in [-0.1, -0.05) is 0 Å². The van der Waals surface area contributed by atoms with E-state index in [9.17, 15) is 14.4 Å². The van der Waals surface area contributed by atoms with Gasteiger partial charge in [-0.3, -0.25) is 14.5 Å². The number of hydrogen-bond acceptors (Lipinski definition) is 4. The number of aromatic nitrogens is 1. The second-order valence-corrected chi connectivity index (χ2v) is 6.73. The molecule has 1 aromatic heterocycles. The summed E-state index contributed by atoms with van der Waals surface area (Å²) < 4.78 is 5.28. The minimum atomic E-state index is -0.587. The van der Waals surface area contributed by atoms with Crippen molar-refractivity contribution >= 4 is 12.0 Å². The summed E-state index contributed by atoms with van der Waals surface area (Å²) >= 11 is 0. The van der Waals surface area contributed by atoms with Crippen LogP contribution in [0, 0.1) is 6.92 Å². The van der Waals surface area contributed by atoms with Gasteiger partial charge in [0.2, 0.25) is 11.5 Å². The highest BCUT2D eigenvalue weighted by molar-refractivity contribution is 5.87. The van der Waals surface area contributed by atoms with Gasteiger partial charge >= 0.3 is 6.09 Å². The second-order valence-electron chi connectivity index (χ2n) is 6.73. The number of rotatable bonds is 3. The van der Waals surface area contributed by atoms with Crippen LogP contribution < -0.4 is 10.9 Å². The van der Waals surface area contributed by atoms with Crippen LogP contribution in [0.3, 0.4) is 0 Å². The standard InChI is InChI=1S/C16H23N3O4/c1-10-7-11(8-13(20)18-10)9-17-14(21)12-5-6-19(12)15(22)23-16(2,3)4/h7-8,12H,5-6,9H2,1-4H3,(H,17,21)(H,18,20)/t12-/m1/s1. The smallest absolute Gasteiger partial charge is 0.410 e. The van der Waals surface area contributed by atoms with Crippen LogP contribution in [0.5, 0.6) is 0 Å². The molecule has 0 spiro atoms. The third-order valence-corrected chi connectivity index (χ3v) is 3.46. The first kappa shape index (κ1) is 17.1. The molecule has 0 aliphatic carbocycles. The summed E-state index contributed by atoms with van der Waals surface area (Å²) in [5, 5.41) is 2.76. The number of amides is 2. The molecule has 7 nitrogen and oxygen atoms in total. The molecule has 23 heavy (non-hydrogen) atoms. The van der Waals surface area contributed by atoms with E-state index in [4.69, 9.17) is 4.74 Å². The number of nitrogens with zero attached hydrogens (tertiary/aromatic N) is 1. The number of aromatic amines is 1. The fraction of sp³-hybridized carbons (Fsp3) is 0.562. The van der Waals surface area contributed by atoms with Crippen molar-refractivity contribution in [2.24, 2.45) is 0 Å². The minimum absolute atomic E-state index is 0.201. The molecule has 2 heterocycles. The van der Waals surface area contributed by atoms with Crippen LogP contribution in [0.15, 0.2) is 16.9 Å². The molecule has 1 saturated heterocycles. The minimum Gasteiger partial charge on any atom is -0.444 e. The average molecular weight is 321 g/mol. The highest BCUT2D eigenvalue weighted by atomic mass is 16.6. The van der Waals surface area contributed by atoms with Crippen LogP contribution in [-0.2, 0) is 16.1 Å². The molecule has 1 aromatic rings. The monoisotopic (exact) mass is 321 g/mol. The van der Waals surface area contributed by atoms with Gasteiger partial charge in [-0.05, 0) is 45.7 Å². The zero-order valence-corrected chi connectivity index (χ0v) is 13.9. The van der Waals surface area contributed by atoms with Crippen LogP contribution in [0.2, 0.25) is 0 Å². The molecule has 1 atom stereocenters. The Balaban J connectivity index is 1.91. The molecule has 2 rings (SSSR count). The summed E-state index contributed by atoms with van der Waals surface area (Å²) in [5.41, 5.74) is 0.674. The van der Waals surface area contributed by atoms with Crippen molar-refractivity contribution in [3.63, 3.8) is 0 Å². The van der Waals surface area contributed by atoms with Crippen molar-refractivity contribution in [2.45, 2.75) is 52.3 Å². The molecule has 0 saturated carbocycles. The van der Waals surface area contributed by atoms with Gasteiger partial charge in [0.05, 0.1) is 0 Å². The van der Waals surface area contributed by atoms with E-state index in [1.54, 1.807) is 33.8 Å². The number of carbonyl (C=O) groups excluding carboxylic acids is 2. The molecule has 0 unspecified atom stereocenters. The SMILES string of the molecule is Cc1cc(CNC(=O)[C@H]2CCN2C(=O)OC(C)(C)C)cc(=O)[nH]1. The molecule has 2 N–H and O–H groups in total. The van der Waals surface area contributed by atoms with Gasteiger partial charge in [-0.25, -0.2) is 4.79 Å². The number of hydrogen-bond donors (Lipinski definition) is 2. The maximum absolute atomic E-state index is 12.2. The largest absolute Gasteiger partial charge is 0.444 e. The Morgan fingerprint density at radius 3 is 2.61 bits per heavy atom. The molecular formula is C16H23N3O4. The van der Waals surface area contributed by atoms with Crippen molar-refractivity contribution < 1.29 is 14.3 Å².